The second-order valence-electron chi connectivity index (χ2n) is 6.82. The normalized spacial score (nSPS) is 18.8. The number of nitrogens with one attached hydrogen (secondary N) is 1. The third-order valence-electron chi connectivity index (χ3n) is 4.54. The molecule has 1 unspecified atom stereocenters. The topological polar surface area (TPSA) is 35.5 Å². The second kappa shape index (κ2) is 9.01. The van der Waals surface area contributed by atoms with Crippen LogP contribution in [0.4, 0.5) is 0 Å². The Balaban J connectivity index is 2.37. The molecule has 1 aliphatic rings. The first-order chi connectivity index (χ1) is 9.56. The minimum absolute atomic E-state index is 0.0753. The highest BCUT2D eigenvalue weighted by atomic mass is 16.3. The van der Waals surface area contributed by atoms with E-state index in [0.717, 1.165) is 18.9 Å². The van der Waals surface area contributed by atoms with Crippen LogP contribution in [0.2, 0.25) is 0 Å². The first kappa shape index (κ1) is 17.9. The first-order valence-corrected chi connectivity index (χ1v) is 8.69. The van der Waals surface area contributed by atoms with E-state index in [-0.39, 0.29) is 12.1 Å². The van der Waals surface area contributed by atoms with Crippen LogP contribution in [-0.2, 0) is 0 Å². The van der Waals surface area contributed by atoms with Crippen LogP contribution in [0.1, 0.15) is 72.6 Å². The summed E-state index contributed by atoms with van der Waals surface area (Å²) in [6, 6.07) is 1.30. The van der Waals surface area contributed by atoms with Crippen molar-refractivity contribution >= 4 is 0 Å². The summed E-state index contributed by atoms with van der Waals surface area (Å²) in [5, 5.41) is 13.4. The van der Waals surface area contributed by atoms with Gasteiger partial charge >= 0.3 is 0 Å². The van der Waals surface area contributed by atoms with Crippen LogP contribution < -0.4 is 5.32 Å². The molecule has 3 heteroatoms. The fourth-order valence-electron chi connectivity index (χ4n) is 3.10. The predicted molar refractivity (Wildman–Crippen MR) is 87.1 cm³/mol. The van der Waals surface area contributed by atoms with Crippen LogP contribution in [0.3, 0.4) is 0 Å². The van der Waals surface area contributed by atoms with Crippen molar-refractivity contribution in [3.05, 3.63) is 0 Å². The summed E-state index contributed by atoms with van der Waals surface area (Å²) in [4.78, 5) is 2.68. The molecule has 0 aromatic carbocycles. The van der Waals surface area contributed by atoms with Gasteiger partial charge < -0.3 is 15.3 Å². The smallest absolute Gasteiger partial charge is 0.0613 e. The Bertz CT molecular complexity index is 247. The maximum atomic E-state index is 9.78. The zero-order valence-corrected chi connectivity index (χ0v) is 14.1. The molecule has 1 aliphatic carbocycles. The van der Waals surface area contributed by atoms with Crippen LogP contribution in [0, 0.1) is 0 Å². The molecule has 1 atom stereocenters. The molecule has 1 fully saturated rings. The summed E-state index contributed by atoms with van der Waals surface area (Å²) in [5.74, 6) is 0. The number of unbranched alkanes of at least 4 members (excludes halogenated alkanes) is 1. The van der Waals surface area contributed by atoms with Crippen molar-refractivity contribution in [3.8, 4) is 0 Å². The number of hydrogen-bond acceptors (Lipinski definition) is 3. The van der Waals surface area contributed by atoms with Gasteiger partial charge in [0.2, 0.25) is 0 Å². The Morgan fingerprint density at radius 1 is 1.20 bits per heavy atom. The molecule has 1 saturated carbocycles. The van der Waals surface area contributed by atoms with E-state index in [9.17, 15) is 5.11 Å². The van der Waals surface area contributed by atoms with Crippen molar-refractivity contribution in [3.63, 3.8) is 0 Å². The van der Waals surface area contributed by atoms with Gasteiger partial charge in [0.1, 0.15) is 0 Å². The fourth-order valence-corrected chi connectivity index (χ4v) is 3.10. The third-order valence-corrected chi connectivity index (χ3v) is 4.54. The maximum Gasteiger partial charge on any atom is 0.0613 e. The van der Waals surface area contributed by atoms with Crippen molar-refractivity contribution in [2.24, 2.45) is 0 Å². The van der Waals surface area contributed by atoms with Gasteiger partial charge in [0.05, 0.1) is 6.61 Å². The average Bonchev–Trinajstić information content (AvgIpc) is 3.25. The summed E-state index contributed by atoms with van der Waals surface area (Å²) in [7, 11) is 0. The number of nitrogens with zero attached hydrogens (tertiary/aromatic N) is 1. The van der Waals surface area contributed by atoms with Gasteiger partial charge in [0, 0.05) is 17.6 Å². The summed E-state index contributed by atoms with van der Waals surface area (Å²) < 4.78 is 0. The molecule has 0 radical (unpaired) electrons. The van der Waals surface area contributed by atoms with Gasteiger partial charge in [0.15, 0.2) is 0 Å². The van der Waals surface area contributed by atoms with Gasteiger partial charge in [-0.15, -0.1) is 0 Å². The highest BCUT2D eigenvalue weighted by molar-refractivity contribution is 4.89. The van der Waals surface area contributed by atoms with Crippen LogP contribution in [0.5, 0.6) is 0 Å². The lowest BCUT2D eigenvalue weighted by Gasteiger charge is -2.35. The molecule has 20 heavy (non-hydrogen) atoms. The van der Waals surface area contributed by atoms with Crippen LogP contribution >= 0.6 is 0 Å². The van der Waals surface area contributed by atoms with Crippen molar-refractivity contribution in [2.45, 2.75) is 90.3 Å². The van der Waals surface area contributed by atoms with Crippen molar-refractivity contribution in [1.82, 2.24) is 10.2 Å². The molecule has 120 valence electrons. The maximum absolute atomic E-state index is 9.78. The lowest BCUT2D eigenvalue weighted by atomic mass is 9.90. The van der Waals surface area contributed by atoms with E-state index in [4.69, 9.17) is 0 Å². The number of rotatable bonds is 12. The quantitative estimate of drug-likeness (QED) is 0.578. The van der Waals surface area contributed by atoms with Crippen LogP contribution in [-0.4, -0.2) is 47.3 Å². The Morgan fingerprint density at radius 2 is 1.85 bits per heavy atom. The van der Waals surface area contributed by atoms with Crippen molar-refractivity contribution < 1.29 is 5.11 Å². The van der Waals surface area contributed by atoms with Gasteiger partial charge in [-0.3, -0.25) is 0 Å². The minimum atomic E-state index is -0.0753. The molecular weight excluding hydrogens is 248 g/mol. The van der Waals surface area contributed by atoms with Crippen LogP contribution in [0.15, 0.2) is 0 Å². The largest absolute Gasteiger partial charge is 0.394 e. The number of aliphatic hydroxyl groups excluding tert-OH is 1. The molecule has 2 N–H and O–H groups in total. The Kier molecular flexibility index (Phi) is 8.08. The molecule has 0 aromatic rings. The standard InChI is InChI=1S/C17H36N2O/c1-5-7-12-19(16-9-10-16)13-8-11-17(6-2,14-20)18-15(3)4/h15-16,18,20H,5-14H2,1-4H3. The van der Waals surface area contributed by atoms with Gasteiger partial charge in [0.25, 0.3) is 0 Å². The fraction of sp³-hybridized carbons (Fsp3) is 1.00. The summed E-state index contributed by atoms with van der Waals surface area (Å²) in [6.07, 6.45) is 8.66. The van der Waals surface area contributed by atoms with Gasteiger partial charge in [-0.2, -0.15) is 0 Å². The molecule has 0 spiro atoms. The van der Waals surface area contributed by atoms with E-state index in [1.807, 2.05) is 0 Å². The lowest BCUT2D eigenvalue weighted by molar-refractivity contribution is 0.129. The predicted octanol–water partition coefficient (Wildman–Crippen LogP) is 3.17. The molecule has 0 bridgehead atoms. The molecule has 0 aromatic heterocycles. The molecule has 3 nitrogen and oxygen atoms in total. The van der Waals surface area contributed by atoms with E-state index >= 15 is 0 Å². The lowest BCUT2D eigenvalue weighted by Crippen LogP contribution is -2.51. The SMILES string of the molecule is CCCCN(CCCC(CC)(CO)NC(C)C)C1CC1. The number of hydrogen-bond donors (Lipinski definition) is 2. The molecule has 0 saturated heterocycles. The van der Waals surface area contributed by atoms with Crippen molar-refractivity contribution in [1.29, 1.82) is 0 Å². The molecule has 0 amide bonds. The third kappa shape index (κ3) is 6.11. The van der Waals surface area contributed by atoms with E-state index < -0.39 is 0 Å². The Hall–Kier alpha value is -0.120. The highest BCUT2D eigenvalue weighted by Crippen LogP contribution is 2.28. The number of aliphatic hydroxyl groups is 1. The zero-order chi connectivity index (χ0) is 15.0. The van der Waals surface area contributed by atoms with Crippen LogP contribution in [0.25, 0.3) is 0 Å². The Labute approximate surface area is 126 Å². The highest BCUT2D eigenvalue weighted by Gasteiger charge is 2.30. The second-order valence-corrected chi connectivity index (χ2v) is 6.82. The van der Waals surface area contributed by atoms with Gasteiger partial charge in [-0.1, -0.05) is 34.1 Å². The molecular formula is C17H36N2O. The summed E-state index contributed by atoms with van der Waals surface area (Å²) in [6.45, 7) is 11.5. The zero-order valence-electron chi connectivity index (χ0n) is 14.1. The average molecular weight is 284 g/mol. The van der Waals surface area contributed by atoms with Gasteiger partial charge in [-0.25, -0.2) is 0 Å². The van der Waals surface area contributed by atoms with Gasteiger partial charge in [-0.05, 0) is 51.6 Å². The first-order valence-electron chi connectivity index (χ1n) is 8.69. The van der Waals surface area contributed by atoms with E-state index in [0.29, 0.717) is 6.04 Å². The van der Waals surface area contributed by atoms with E-state index in [1.54, 1.807) is 0 Å². The monoisotopic (exact) mass is 284 g/mol. The minimum Gasteiger partial charge on any atom is -0.394 e. The van der Waals surface area contributed by atoms with E-state index in [2.05, 4.69) is 37.9 Å². The molecule has 1 rings (SSSR count). The van der Waals surface area contributed by atoms with E-state index in [1.165, 1.54) is 45.2 Å². The summed E-state index contributed by atoms with van der Waals surface area (Å²) in [5.41, 5.74) is -0.0753. The van der Waals surface area contributed by atoms with Crippen molar-refractivity contribution in [2.75, 3.05) is 19.7 Å². The molecule has 0 heterocycles. The Morgan fingerprint density at radius 3 is 2.30 bits per heavy atom. The molecule has 0 aliphatic heterocycles. The summed E-state index contributed by atoms with van der Waals surface area (Å²) >= 11 is 0.